The van der Waals surface area contributed by atoms with E-state index in [-0.39, 0.29) is 6.04 Å². The minimum absolute atomic E-state index is 0.106. The Morgan fingerprint density at radius 3 is 2.89 bits per heavy atom. The van der Waals surface area contributed by atoms with E-state index in [1.807, 2.05) is 17.1 Å². The molecule has 0 radical (unpaired) electrons. The van der Waals surface area contributed by atoms with E-state index in [2.05, 4.69) is 39.2 Å². The molecule has 18 heavy (non-hydrogen) atoms. The fourth-order valence-electron chi connectivity index (χ4n) is 1.86. The fraction of sp³-hybridized carbons (Fsp3) is 0.583. The van der Waals surface area contributed by atoms with Crippen molar-refractivity contribution in [2.24, 2.45) is 0 Å². The third kappa shape index (κ3) is 3.14. The van der Waals surface area contributed by atoms with Gasteiger partial charge in [0.2, 0.25) is 0 Å². The first kappa shape index (κ1) is 13.2. The van der Waals surface area contributed by atoms with Crippen molar-refractivity contribution in [2.45, 2.75) is 39.3 Å². The molecule has 0 saturated heterocycles. The van der Waals surface area contributed by atoms with Crippen LogP contribution in [0.5, 0.6) is 0 Å². The molecular weight excluding hydrogens is 246 g/mol. The van der Waals surface area contributed by atoms with E-state index >= 15 is 0 Å². The number of rotatable bonds is 7. The lowest BCUT2D eigenvalue weighted by Gasteiger charge is -2.13. The highest BCUT2D eigenvalue weighted by Crippen LogP contribution is 2.20. The van der Waals surface area contributed by atoms with Crippen LogP contribution in [0, 0.1) is 0 Å². The van der Waals surface area contributed by atoms with Crippen LogP contribution in [0.4, 0.5) is 0 Å². The van der Waals surface area contributed by atoms with Gasteiger partial charge in [-0.05, 0) is 19.4 Å². The molecule has 1 atom stereocenters. The second-order valence-corrected chi connectivity index (χ2v) is 4.81. The smallest absolute Gasteiger partial charge is 0.0958 e. The Balaban J connectivity index is 2.16. The molecule has 0 aliphatic heterocycles. The van der Waals surface area contributed by atoms with Crippen molar-refractivity contribution < 1.29 is 0 Å². The molecule has 0 spiro atoms. The Bertz CT molecular complexity index is 451. The summed E-state index contributed by atoms with van der Waals surface area (Å²) in [5.41, 5.74) is 2.13. The molecule has 2 heterocycles. The Labute approximate surface area is 112 Å². The first-order valence-electron chi connectivity index (χ1n) is 6.38. The molecule has 98 valence electrons. The second-order valence-electron chi connectivity index (χ2n) is 4.26. The summed E-state index contributed by atoms with van der Waals surface area (Å²) < 4.78 is 10.4. The highest BCUT2D eigenvalue weighted by atomic mass is 32.1. The van der Waals surface area contributed by atoms with E-state index in [0.717, 1.165) is 37.2 Å². The molecule has 0 fully saturated rings. The van der Waals surface area contributed by atoms with Gasteiger partial charge in [-0.25, -0.2) is 0 Å². The Kier molecular flexibility index (Phi) is 4.83. The average molecular weight is 265 g/mol. The molecule has 2 aromatic rings. The van der Waals surface area contributed by atoms with Gasteiger partial charge in [0.15, 0.2) is 0 Å². The number of aryl methyl sites for hydroxylation is 1. The van der Waals surface area contributed by atoms with Crippen molar-refractivity contribution in [3.8, 4) is 0 Å². The van der Waals surface area contributed by atoms with Crippen LogP contribution in [0.25, 0.3) is 0 Å². The molecular formula is C12H19N5S. The van der Waals surface area contributed by atoms with Gasteiger partial charge in [-0.3, -0.25) is 4.68 Å². The molecule has 2 rings (SSSR count). The summed E-state index contributed by atoms with van der Waals surface area (Å²) in [6, 6.07) is 0.106. The van der Waals surface area contributed by atoms with Crippen LogP contribution in [0.15, 0.2) is 18.6 Å². The Morgan fingerprint density at radius 2 is 2.22 bits per heavy atom. The van der Waals surface area contributed by atoms with Crippen molar-refractivity contribution in [1.29, 1.82) is 0 Å². The molecule has 5 nitrogen and oxygen atoms in total. The predicted molar refractivity (Wildman–Crippen MR) is 72.6 cm³/mol. The summed E-state index contributed by atoms with van der Waals surface area (Å²) in [7, 11) is 0. The molecule has 1 unspecified atom stereocenters. The van der Waals surface area contributed by atoms with Gasteiger partial charge in [0.1, 0.15) is 0 Å². The lowest BCUT2D eigenvalue weighted by molar-refractivity contribution is 0.582. The van der Waals surface area contributed by atoms with E-state index in [4.69, 9.17) is 0 Å². The van der Waals surface area contributed by atoms with Crippen LogP contribution >= 0.6 is 11.7 Å². The van der Waals surface area contributed by atoms with Gasteiger partial charge in [0.25, 0.3) is 0 Å². The van der Waals surface area contributed by atoms with Gasteiger partial charge in [-0.2, -0.15) is 13.8 Å². The van der Waals surface area contributed by atoms with Crippen molar-refractivity contribution >= 4 is 11.7 Å². The lowest BCUT2D eigenvalue weighted by Crippen LogP contribution is -2.23. The van der Waals surface area contributed by atoms with Crippen LogP contribution < -0.4 is 5.32 Å². The van der Waals surface area contributed by atoms with Gasteiger partial charge in [-0.15, -0.1) is 0 Å². The predicted octanol–water partition coefficient (Wildman–Crippen LogP) is 2.23. The van der Waals surface area contributed by atoms with Crippen LogP contribution in [0.1, 0.15) is 44.0 Å². The lowest BCUT2D eigenvalue weighted by atomic mass is 10.1. The van der Waals surface area contributed by atoms with E-state index in [0.29, 0.717) is 0 Å². The van der Waals surface area contributed by atoms with E-state index < -0.39 is 0 Å². The van der Waals surface area contributed by atoms with Gasteiger partial charge in [0.05, 0.1) is 35.9 Å². The molecule has 0 aliphatic carbocycles. The zero-order valence-corrected chi connectivity index (χ0v) is 11.7. The van der Waals surface area contributed by atoms with Crippen molar-refractivity contribution in [2.75, 3.05) is 6.54 Å². The monoisotopic (exact) mass is 265 g/mol. The normalized spacial score (nSPS) is 12.8. The fourth-order valence-corrected chi connectivity index (χ4v) is 2.31. The SMILES string of the molecule is CCCNC(c1cnn(CCC)c1)c1cnsn1. The van der Waals surface area contributed by atoms with Gasteiger partial charge < -0.3 is 5.32 Å². The highest BCUT2D eigenvalue weighted by molar-refractivity contribution is 6.99. The number of hydrogen-bond acceptors (Lipinski definition) is 5. The molecule has 2 aromatic heterocycles. The molecule has 0 amide bonds. The maximum atomic E-state index is 4.38. The maximum Gasteiger partial charge on any atom is 0.0958 e. The van der Waals surface area contributed by atoms with Gasteiger partial charge in [0, 0.05) is 18.3 Å². The number of nitrogens with one attached hydrogen (secondary N) is 1. The number of aromatic nitrogens is 4. The summed E-state index contributed by atoms with van der Waals surface area (Å²) in [6.07, 6.45) is 8.03. The largest absolute Gasteiger partial charge is 0.305 e. The molecule has 1 N–H and O–H groups in total. The standard InChI is InChI=1S/C12H19N5S/c1-3-5-13-12(11-8-15-18-16-11)10-7-14-17(9-10)6-4-2/h7-9,12-13H,3-6H2,1-2H3. The maximum absolute atomic E-state index is 4.38. The van der Waals surface area contributed by atoms with Crippen LogP contribution in [0.3, 0.4) is 0 Å². The third-order valence-electron chi connectivity index (χ3n) is 2.71. The molecule has 0 aliphatic rings. The second kappa shape index (κ2) is 6.61. The van der Waals surface area contributed by atoms with Crippen LogP contribution in [0.2, 0.25) is 0 Å². The topological polar surface area (TPSA) is 55.6 Å². The summed E-state index contributed by atoms with van der Waals surface area (Å²) in [6.45, 7) is 6.22. The van der Waals surface area contributed by atoms with Crippen molar-refractivity contribution in [1.82, 2.24) is 23.8 Å². The summed E-state index contributed by atoms with van der Waals surface area (Å²) in [5, 5.41) is 7.87. The number of nitrogens with zero attached hydrogens (tertiary/aromatic N) is 4. The summed E-state index contributed by atoms with van der Waals surface area (Å²) >= 11 is 1.25. The van der Waals surface area contributed by atoms with Crippen molar-refractivity contribution in [3.63, 3.8) is 0 Å². The minimum atomic E-state index is 0.106. The van der Waals surface area contributed by atoms with Crippen LogP contribution in [-0.4, -0.2) is 25.1 Å². The molecule has 0 aromatic carbocycles. The number of hydrogen-bond donors (Lipinski definition) is 1. The average Bonchev–Trinajstić information content (AvgIpc) is 3.02. The Morgan fingerprint density at radius 1 is 1.33 bits per heavy atom. The van der Waals surface area contributed by atoms with Crippen molar-refractivity contribution in [3.05, 3.63) is 29.8 Å². The van der Waals surface area contributed by atoms with Gasteiger partial charge in [-0.1, -0.05) is 13.8 Å². The van der Waals surface area contributed by atoms with E-state index in [1.165, 1.54) is 11.7 Å². The first-order chi connectivity index (χ1) is 8.85. The van der Waals surface area contributed by atoms with Crippen LogP contribution in [-0.2, 0) is 6.54 Å². The highest BCUT2D eigenvalue weighted by Gasteiger charge is 2.17. The molecule has 0 bridgehead atoms. The summed E-state index contributed by atoms with van der Waals surface area (Å²) in [4.78, 5) is 0. The minimum Gasteiger partial charge on any atom is -0.305 e. The van der Waals surface area contributed by atoms with E-state index in [9.17, 15) is 0 Å². The quantitative estimate of drug-likeness (QED) is 0.834. The summed E-state index contributed by atoms with van der Waals surface area (Å²) in [5.74, 6) is 0. The zero-order chi connectivity index (χ0) is 12.8. The third-order valence-corrected chi connectivity index (χ3v) is 3.20. The zero-order valence-electron chi connectivity index (χ0n) is 10.8. The first-order valence-corrected chi connectivity index (χ1v) is 7.11. The van der Waals surface area contributed by atoms with E-state index in [1.54, 1.807) is 0 Å². The molecule has 6 heteroatoms. The molecule has 0 saturated carbocycles. The Hall–Kier alpha value is -1.27. The van der Waals surface area contributed by atoms with Gasteiger partial charge >= 0.3 is 0 Å².